The zero-order chi connectivity index (χ0) is 13.6. The summed E-state index contributed by atoms with van der Waals surface area (Å²) in [6.07, 6.45) is -0.224. The number of nitrogens with two attached hydrogens (primary N) is 1. The Hall–Kier alpha value is -1.12. The molecule has 7 nitrogen and oxygen atoms in total. The van der Waals surface area contributed by atoms with Gasteiger partial charge in [-0.2, -0.15) is 10.5 Å². The molecule has 0 aromatic rings. The van der Waals surface area contributed by atoms with Crippen LogP contribution in [0.25, 0.3) is 0 Å². The van der Waals surface area contributed by atoms with Gasteiger partial charge in [0.1, 0.15) is 6.04 Å². The molecule has 0 radical (unpaired) electrons. The quantitative estimate of drug-likeness (QED) is 0.581. The van der Waals surface area contributed by atoms with Crippen molar-refractivity contribution in [3.05, 3.63) is 0 Å². The molecule has 0 aliphatic rings. The van der Waals surface area contributed by atoms with E-state index in [0.29, 0.717) is 0 Å². The van der Waals surface area contributed by atoms with Crippen LogP contribution in [0.4, 0.5) is 0 Å². The van der Waals surface area contributed by atoms with Gasteiger partial charge >= 0.3 is 41.5 Å². The average molecular weight is 253 g/mol. The summed E-state index contributed by atoms with van der Waals surface area (Å²) in [4.78, 5) is 19.9. The molecule has 0 rings (SSSR count). The second-order valence-corrected chi connectivity index (χ2v) is 2.32. The molecule has 0 saturated carbocycles. The summed E-state index contributed by atoms with van der Waals surface area (Å²) >= 11 is 0. The zero-order valence-electron chi connectivity index (χ0n) is 9.17. The van der Waals surface area contributed by atoms with Crippen LogP contribution < -0.4 is 5.73 Å². The van der Waals surface area contributed by atoms with Gasteiger partial charge < -0.3 is 15.9 Å². The van der Waals surface area contributed by atoms with E-state index in [1.165, 1.54) is 13.8 Å². The molecule has 8 heteroatoms. The topological polar surface area (TPSA) is 148 Å². The third-order valence-corrected chi connectivity index (χ3v) is 0.986. The molecular formula is C9H16N3NaO4. The van der Waals surface area contributed by atoms with Crippen LogP contribution >= 0.6 is 0 Å². The van der Waals surface area contributed by atoms with Gasteiger partial charge in [-0.25, -0.2) is 0 Å². The monoisotopic (exact) mass is 253 g/mol. The predicted octanol–water partition coefficient (Wildman–Crippen LogP) is -0.326. The molecule has 1 atom stereocenters. The number of carbonyl (C=O) groups is 2. The number of carboxylic acids is 2. The summed E-state index contributed by atoms with van der Waals surface area (Å²) in [6.45, 7) is 2.86. The van der Waals surface area contributed by atoms with E-state index < -0.39 is 18.0 Å². The van der Waals surface area contributed by atoms with Gasteiger partial charge in [-0.1, -0.05) is 0 Å². The van der Waals surface area contributed by atoms with E-state index in [0.717, 1.165) is 0 Å². The number of carboxylic acid groups (broad SMARTS) is 2. The van der Waals surface area contributed by atoms with E-state index in [1.807, 2.05) is 0 Å². The molecule has 92 valence electrons. The number of hydrogen-bond acceptors (Lipinski definition) is 5. The Morgan fingerprint density at radius 3 is 1.71 bits per heavy atom. The standard InChI is InChI=1S/C5H9NO4.2C2H3N.Na.H/c6-3(5(9)10)1-2-4(7)8;2*1-2-3;;/h3H,1-2,6H2,(H,7,8)(H,9,10);2*1H3;;/t3-;;;;/m0..../s1. The van der Waals surface area contributed by atoms with Crippen molar-refractivity contribution in [1.29, 1.82) is 10.5 Å². The molecule has 0 aromatic heterocycles. The summed E-state index contributed by atoms with van der Waals surface area (Å²) in [7, 11) is 0. The first kappa shape index (κ1) is 24.9. The first-order valence-corrected chi connectivity index (χ1v) is 4.19. The van der Waals surface area contributed by atoms with Crippen molar-refractivity contribution >= 4 is 41.5 Å². The molecule has 17 heavy (non-hydrogen) atoms. The van der Waals surface area contributed by atoms with Gasteiger partial charge in [-0.15, -0.1) is 0 Å². The van der Waals surface area contributed by atoms with E-state index >= 15 is 0 Å². The van der Waals surface area contributed by atoms with E-state index in [1.54, 1.807) is 12.1 Å². The predicted molar refractivity (Wildman–Crippen MR) is 62.2 cm³/mol. The minimum absolute atomic E-state index is 0. The van der Waals surface area contributed by atoms with Crippen LogP contribution in [0.5, 0.6) is 0 Å². The Balaban J connectivity index is -0.000000102. The number of nitrogens with zero attached hydrogens (tertiary/aromatic N) is 2. The molecule has 0 aromatic carbocycles. The maximum atomic E-state index is 9.99. The van der Waals surface area contributed by atoms with Gasteiger partial charge in [0, 0.05) is 20.3 Å². The van der Waals surface area contributed by atoms with E-state index in [2.05, 4.69) is 0 Å². The summed E-state index contributed by atoms with van der Waals surface area (Å²) in [5.74, 6) is -2.20. The third-order valence-electron chi connectivity index (χ3n) is 0.986. The summed E-state index contributed by atoms with van der Waals surface area (Å²) in [5.41, 5.74) is 5.00. The number of aliphatic carboxylic acids is 2. The van der Waals surface area contributed by atoms with E-state index in [4.69, 9.17) is 26.5 Å². The Morgan fingerprint density at radius 2 is 1.53 bits per heavy atom. The van der Waals surface area contributed by atoms with Crippen molar-refractivity contribution in [3.8, 4) is 12.1 Å². The molecule has 0 aliphatic carbocycles. The maximum absolute atomic E-state index is 9.99. The minimum atomic E-state index is -1.17. The first-order chi connectivity index (χ1) is 7.37. The summed E-state index contributed by atoms with van der Waals surface area (Å²) in [5, 5.41) is 30.9. The van der Waals surface area contributed by atoms with Gasteiger partial charge in [0.2, 0.25) is 0 Å². The molecule has 4 N–H and O–H groups in total. The normalized spacial score (nSPS) is 8.29. The average Bonchev–Trinajstić information content (AvgIpc) is 2.16. The van der Waals surface area contributed by atoms with Gasteiger partial charge in [-0.05, 0) is 6.42 Å². The second-order valence-electron chi connectivity index (χ2n) is 2.32. The van der Waals surface area contributed by atoms with E-state index in [-0.39, 0.29) is 42.4 Å². The van der Waals surface area contributed by atoms with Crippen molar-refractivity contribution < 1.29 is 19.8 Å². The van der Waals surface area contributed by atoms with Crippen LogP contribution in [-0.4, -0.2) is 57.8 Å². The molecule has 0 unspecified atom stereocenters. The fraction of sp³-hybridized carbons (Fsp3) is 0.556. The summed E-state index contributed by atoms with van der Waals surface area (Å²) < 4.78 is 0. The van der Waals surface area contributed by atoms with Crippen molar-refractivity contribution in [2.24, 2.45) is 5.73 Å². The van der Waals surface area contributed by atoms with Crippen molar-refractivity contribution in [2.45, 2.75) is 32.7 Å². The van der Waals surface area contributed by atoms with Crippen LogP contribution in [0.15, 0.2) is 0 Å². The Morgan fingerprint density at radius 1 is 1.24 bits per heavy atom. The molecule has 0 fully saturated rings. The molecule has 0 heterocycles. The van der Waals surface area contributed by atoms with Crippen molar-refractivity contribution in [1.82, 2.24) is 0 Å². The molecular weight excluding hydrogens is 237 g/mol. The number of hydrogen-bond donors (Lipinski definition) is 3. The van der Waals surface area contributed by atoms with Gasteiger partial charge in [0.25, 0.3) is 0 Å². The van der Waals surface area contributed by atoms with Crippen LogP contribution in [0.2, 0.25) is 0 Å². The van der Waals surface area contributed by atoms with Crippen LogP contribution in [0.3, 0.4) is 0 Å². The van der Waals surface area contributed by atoms with Crippen molar-refractivity contribution in [3.63, 3.8) is 0 Å². The fourth-order valence-electron chi connectivity index (χ4n) is 0.402. The second kappa shape index (κ2) is 20.3. The molecule has 0 saturated heterocycles. The van der Waals surface area contributed by atoms with E-state index in [9.17, 15) is 9.59 Å². The zero-order valence-corrected chi connectivity index (χ0v) is 9.17. The van der Waals surface area contributed by atoms with Gasteiger partial charge in [-0.3, -0.25) is 9.59 Å². The summed E-state index contributed by atoms with van der Waals surface area (Å²) in [6, 6.07) is 2.44. The van der Waals surface area contributed by atoms with Crippen LogP contribution in [-0.2, 0) is 9.59 Å². The van der Waals surface area contributed by atoms with Gasteiger partial charge in [0.15, 0.2) is 0 Å². The van der Waals surface area contributed by atoms with Crippen LogP contribution in [0, 0.1) is 22.7 Å². The molecule has 0 aliphatic heterocycles. The first-order valence-electron chi connectivity index (χ1n) is 4.19. The van der Waals surface area contributed by atoms with Crippen LogP contribution in [0.1, 0.15) is 26.7 Å². The SMILES string of the molecule is CC#N.CC#N.N[C@@H](CCC(=O)O)C(=O)O.[NaH]. The fourth-order valence-corrected chi connectivity index (χ4v) is 0.402. The van der Waals surface area contributed by atoms with Crippen molar-refractivity contribution in [2.75, 3.05) is 0 Å². The molecule has 0 amide bonds. The van der Waals surface area contributed by atoms with Gasteiger partial charge in [0.05, 0.1) is 12.1 Å². The molecule has 0 bridgehead atoms. The molecule has 0 spiro atoms. The Bertz CT molecular complexity index is 271. The number of nitriles is 2. The Kier molecular flexibility index (Phi) is 29.8. The Labute approximate surface area is 122 Å². The number of rotatable bonds is 4. The third kappa shape index (κ3) is 39.8.